The molecule has 0 fully saturated rings. The summed E-state index contributed by atoms with van der Waals surface area (Å²) in [6, 6.07) is 13.4. The first kappa shape index (κ1) is 19.6. The fourth-order valence-corrected chi connectivity index (χ4v) is 3.80. The molecule has 0 spiro atoms. The fraction of sp³-hybridized carbons (Fsp3) is 0.292. The zero-order valence-corrected chi connectivity index (χ0v) is 16.5. The topological polar surface area (TPSA) is 60.9 Å². The second-order valence-electron chi connectivity index (χ2n) is 7.72. The van der Waals surface area contributed by atoms with Crippen LogP contribution in [0.25, 0.3) is 21.7 Å². The largest absolute Gasteiger partial charge is 0.388 e. The van der Waals surface area contributed by atoms with Crippen molar-refractivity contribution in [2.24, 2.45) is 0 Å². The van der Waals surface area contributed by atoms with Crippen LogP contribution in [-0.4, -0.2) is 21.1 Å². The van der Waals surface area contributed by atoms with Gasteiger partial charge in [-0.25, -0.2) is 4.39 Å². The number of nitrogens with zero attached hydrogens (tertiary/aromatic N) is 1. The summed E-state index contributed by atoms with van der Waals surface area (Å²) in [4.78, 5) is 7.25. The van der Waals surface area contributed by atoms with Gasteiger partial charge in [0.1, 0.15) is 5.82 Å². The van der Waals surface area contributed by atoms with E-state index in [1.165, 1.54) is 23.1 Å². The Balaban J connectivity index is 1.26. The molecule has 4 rings (SSSR count). The number of rotatable bonds is 8. The molecule has 150 valence electrons. The standard InChI is InChI=1S/C24H26FN3O/c1-16(27-13-17-5-6-19-14-26-10-9-18(19)11-17)3-2-4-24(29)22-15-28-23-8-7-20(25)12-21(22)23/h5-12,14-16,24,27-29H,2-4,13H2,1H3/t16-,24?/m1/s1. The van der Waals surface area contributed by atoms with Crippen molar-refractivity contribution in [1.82, 2.24) is 15.3 Å². The van der Waals surface area contributed by atoms with Crippen molar-refractivity contribution in [3.05, 3.63) is 78.0 Å². The van der Waals surface area contributed by atoms with E-state index in [4.69, 9.17) is 0 Å². The number of fused-ring (bicyclic) bond motifs is 2. The molecule has 5 heteroatoms. The molecule has 4 nitrogen and oxygen atoms in total. The van der Waals surface area contributed by atoms with Gasteiger partial charge in [0.05, 0.1) is 6.10 Å². The Morgan fingerprint density at radius 1 is 1.10 bits per heavy atom. The van der Waals surface area contributed by atoms with Gasteiger partial charge in [0.2, 0.25) is 0 Å². The molecule has 0 saturated carbocycles. The van der Waals surface area contributed by atoms with E-state index >= 15 is 0 Å². The van der Waals surface area contributed by atoms with Gasteiger partial charge < -0.3 is 15.4 Å². The van der Waals surface area contributed by atoms with Crippen LogP contribution in [-0.2, 0) is 6.54 Å². The van der Waals surface area contributed by atoms with Gasteiger partial charge in [0.15, 0.2) is 0 Å². The quantitative estimate of drug-likeness (QED) is 0.385. The van der Waals surface area contributed by atoms with Crippen LogP contribution in [0.1, 0.15) is 43.4 Å². The zero-order valence-electron chi connectivity index (χ0n) is 16.5. The Morgan fingerprint density at radius 3 is 2.90 bits per heavy atom. The number of nitrogens with one attached hydrogen (secondary N) is 2. The third-order valence-corrected chi connectivity index (χ3v) is 5.51. The molecule has 2 atom stereocenters. The molecule has 2 aromatic heterocycles. The molecule has 1 unspecified atom stereocenters. The van der Waals surface area contributed by atoms with Gasteiger partial charge in [0, 0.05) is 53.0 Å². The van der Waals surface area contributed by atoms with E-state index in [0.29, 0.717) is 12.5 Å². The first-order valence-electron chi connectivity index (χ1n) is 10.1. The van der Waals surface area contributed by atoms with Gasteiger partial charge in [-0.15, -0.1) is 0 Å². The summed E-state index contributed by atoms with van der Waals surface area (Å²) in [5, 5.41) is 17.2. The van der Waals surface area contributed by atoms with Crippen LogP contribution in [0.5, 0.6) is 0 Å². The van der Waals surface area contributed by atoms with Crippen LogP contribution in [0.4, 0.5) is 4.39 Å². The molecule has 0 saturated heterocycles. The lowest BCUT2D eigenvalue weighted by molar-refractivity contribution is 0.164. The van der Waals surface area contributed by atoms with E-state index < -0.39 is 6.10 Å². The highest BCUT2D eigenvalue weighted by molar-refractivity contribution is 5.83. The first-order chi connectivity index (χ1) is 14.1. The van der Waals surface area contributed by atoms with Gasteiger partial charge in [-0.2, -0.15) is 0 Å². The van der Waals surface area contributed by atoms with Crippen molar-refractivity contribution in [3.63, 3.8) is 0 Å². The first-order valence-corrected chi connectivity index (χ1v) is 10.1. The smallest absolute Gasteiger partial charge is 0.123 e. The van der Waals surface area contributed by atoms with E-state index in [0.717, 1.165) is 41.2 Å². The lowest BCUT2D eigenvalue weighted by Crippen LogP contribution is -2.25. The molecule has 0 radical (unpaired) electrons. The minimum atomic E-state index is -0.591. The van der Waals surface area contributed by atoms with Crippen molar-refractivity contribution >= 4 is 21.7 Å². The molecule has 2 aromatic carbocycles. The predicted molar refractivity (Wildman–Crippen MR) is 115 cm³/mol. The molecule has 3 N–H and O–H groups in total. The third kappa shape index (κ3) is 4.63. The number of aliphatic hydroxyl groups excluding tert-OH is 1. The van der Waals surface area contributed by atoms with E-state index in [2.05, 4.69) is 40.4 Å². The second-order valence-corrected chi connectivity index (χ2v) is 7.72. The van der Waals surface area contributed by atoms with E-state index in [-0.39, 0.29) is 5.82 Å². The molecule has 29 heavy (non-hydrogen) atoms. The molecular formula is C24H26FN3O. The minimum absolute atomic E-state index is 0.284. The Bertz CT molecular complexity index is 1110. The molecular weight excluding hydrogens is 365 g/mol. The molecule has 0 amide bonds. The summed E-state index contributed by atoms with van der Waals surface area (Å²) in [6.45, 7) is 2.97. The molecule has 2 heterocycles. The van der Waals surface area contributed by atoms with Crippen LogP contribution in [0.15, 0.2) is 61.1 Å². The number of pyridine rings is 1. The van der Waals surface area contributed by atoms with Crippen LogP contribution < -0.4 is 5.32 Å². The number of hydrogen-bond acceptors (Lipinski definition) is 3. The molecule has 0 aliphatic rings. The van der Waals surface area contributed by atoms with Crippen LogP contribution in [0.3, 0.4) is 0 Å². The molecule has 0 bridgehead atoms. The van der Waals surface area contributed by atoms with Gasteiger partial charge in [-0.3, -0.25) is 4.98 Å². The molecule has 0 aliphatic carbocycles. The number of benzene rings is 2. The average molecular weight is 391 g/mol. The van der Waals surface area contributed by atoms with Crippen LogP contribution in [0.2, 0.25) is 0 Å². The Morgan fingerprint density at radius 2 is 2.00 bits per heavy atom. The predicted octanol–water partition coefficient (Wildman–Crippen LogP) is 5.24. The zero-order chi connectivity index (χ0) is 20.2. The van der Waals surface area contributed by atoms with Crippen LogP contribution >= 0.6 is 0 Å². The number of aromatic nitrogens is 2. The maximum Gasteiger partial charge on any atom is 0.123 e. The average Bonchev–Trinajstić information content (AvgIpc) is 3.15. The number of aromatic amines is 1. The summed E-state index contributed by atoms with van der Waals surface area (Å²) in [6.07, 6.45) is 7.39. The molecule has 0 aliphatic heterocycles. The summed E-state index contributed by atoms with van der Waals surface area (Å²) >= 11 is 0. The van der Waals surface area contributed by atoms with Gasteiger partial charge >= 0.3 is 0 Å². The van der Waals surface area contributed by atoms with Crippen molar-refractivity contribution in [2.45, 2.75) is 44.9 Å². The summed E-state index contributed by atoms with van der Waals surface area (Å²) in [5.74, 6) is -0.284. The summed E-state index contributed by atoms with van der Waals surface area (Å²) in [5.41, 5.74) is 2.86. The highest BCUT2D eigenvalue weighted by Crippen LogP contribution is 2.28. The van der Waals surface area contributed by atoms with Gasteiger partial charge in [0.25, 0.3) is 0 Å². The maximum absolute atomic E-state index is 13.5. The SMILES string of the molecule is C[C@H](CCCC(O)c1c[nH]c2ccc(F)cc12)NCc1ccc2cnccc2c1. The second kappa shape index (κ2) is 8.72. The lowest BCUT2D eigenvalue weighted by Gasteiger charge is -2.16. The number of hydrogen-bond donors (Lipinski definition) is 3. The van der Waals surface area contributed by atoms with Crippen LogP contribution in [0, 0.1) is 5.82 Å². The fourth-order valence-electron chi connectivity index (χ4n) is 3.80. The maximum atomic E-state index is 13.5. The number of aliphatic hydroxyl groups is 1. The van der Waals surface area contributed by atoms with Gasteiger partial charge in [-0.1, -0.05) is 12.1 Å². The Labute approximate surface area is 169 Å². The summed E-state index contributed by atoms with van der Waals surface area (Å²) < 4.78 is 13.5. The lowest BCUT2D eigenvalue weighted by atomic mass is 10.0. The minimum Gasteiger partial charge on any atom is -0.388 e. The summed E-state index contributed by atoms with van der Waals surface area (Å²) in [7, 11) is 0. The van der Waals surface area contributed by atoms with Crippen molar-refractivity contribution in [3.8, 4) is 0 Å². The van der Waals surface area contributed by atoms with E-state index in [9.17, 15) is 9.50 Å². The normalized spacial score (nSPS) is 13.8. The number of H-pyrrole nitrogens is 1. The highest BCUT2D eigenvalue weighted by atomic mass is 19.1. The third-order valence-electron chi connectivity index (χ3n) is 5.51. The Kier molecular flexibility index (Phi) is 5.88. The monoisotopic (exact) mass is 391 g/mol. The molecule has 4 aromatic rings. The highest BCUT2D eigenvalue weighted by Gasteiger charge is 2.14. The van der Waals surface area contributed by atoms with Gasteiger partial charge in [-0.05, 0) is 67.5 Å². The van der Waals surface area contributed by atoms with Crippen molar-refractivity contribution < 1.29 is 9.50 Å². The van der Waals surface area contributed by atoms with E-state index in [1.54, 1.807) is 12.3 Å². The van der Waals surface area contributed by atoms with Crippen molar-refractivity contribution in [1.29, 1.82) is 0 Å². The Hall–Kier alpha value is -2.76. The van der Waals surface area contributed by atoms with Crippen molar-refractivity contribution in [2.75, 3.05) is 0 Å². The van der Waals surface area contributed by atoms with E-state index in [1.807, 2.05) is 18.5 Å². The number of halogens is 1.